The average Bonchev–Trinajstić information content (AvgIpc) is 2.49. The summed E-state index contributed by atoms with van der Waals surface area (Å²) in [7, 11) is -1.85. The second-order valence-corrected chi connectivity index (χ2v) is 15.5. The van der Waals surface area contributed by atoms with Crippen LogP contribution in [0.2, 0.25) is 23.7 Å². The lowest BCUT2D eigenvalue weighted by Crippen LogP contribution is -2.55. The first-order valence-corrected chi connectivity index (χ1v) is 13.4. The molecule has 4 nitrogen and oxygen atoms in total. The standard InChI is InChI=1S/C22H40O4Si/c1-11-12-13-17-18(15(4)25-16(5)23)21(24)26-19(14(2)3)20(17)27(9,10)22(6,7)8/h14,17,19-20H,11-13H2,1-10H3/b18-15+/t17-,19-,20+/m1/s1. The molecule has 1 fully saturated rings. The number of cyclic esters (lactones) is 1. The summed E-state index contributed by atoms with van der Waals surface area (Å²) in [6.07, 6.45) is 2.96. The van der Waals surface area contributed by atoms with Crippen LogP contribution in [-0.4, -0.2) is 26.1 Å². The molecule has 0 aromatic rings. The molecule has 0 spiro atoms. The van der Waals surface area contributed by atoms with Gasteiger partial charge in [0.2, 0.25) is 0 Å². The molecule has 1 rings (SSSR count). The molecular formula is C22H40O4Si. The van der Waals surface area contributed by atoms with Gasteiger partial charge >= 0.3 is 11.9 Å². The van der Waals surface area contributed by atoms with Gasteiger partial charge in [-0.15, -0.1) is 0 Å². The van der Waals surface area contributed by atoms with Crippen molar-refractivity contribution in [2.45, 2.75) is 104 Å². The fourth-order valence-electron chi connectivity index (χ4n) is 4.21. The van der Waals surface area contributed by atoms with Crippen molar-refractivity contribution in [3.63, 3.8) is 0 Å². The molecule has 0 aromatic heterocycles. The number of hydrogen-bond acceptors (Lipinski definition) is 4. The predicted molar refractivity (Wildman–Crippen MR) is 113 cm³/mol. The van der Waals surface area contributed by atoms with Crippen molar-refractivity contribution in [3.05, 3.63) is 11.3 Å². The molecule has 0 bridgehead atoms. The van der Waals surface area contributed by atoms with Gasteiger partial charge in [-0.1, -0.05) is 67.5 Å². The highest BCUT2D eigenvalue weighted by Crippen LogP contribution is 2.55. The van der Waals surface area contributed by atoms with Crippen LogP contribution in [0.4, 0.5) is 0 Å². The van der Waals surface area contributed by atoms with E-state index in [0.717, 1.165) is 19.3 Å². The van der Waals surface area contributed by atoms with Crippen molar-refractivity contribution in [2.75, 3.05) is 0 Å². The maximum atomic E-state index is 13.0. The Hall–Kier alpha value is -1.10. The maximum Gasteiger partial charge on any atom is 0.338 e. The van der Waals surface area contributed by atoms with Gasteiger partial charge in [0.1, 0.15) is 11.9 Å². The summed E-state index contributed by atoms with van der Waals surface area (Å²) >= 11 is 0. The Morgan fingerprint density at radius 3 is 2.19 bits per heavy atom. The molecule has 0 saturated carbocycles. The summed E-state index contributed by atoms with van der Waals surface area (Å²) in [5.41, 5.74) is 0.882. The van der Waals surface area contributed by atoms with Crippen LogP contribution in [0.5, 0.6) is 0 Å². The Morgan fingerprint density at radius 1 is 1.22 bits per heavy atom. The van der Waals surface area contributed by atoms with Gasteiger partial charge < -0.3 is 9.47 Å². The molecule has 5 heteroatoms. The van der Waals surface area contributed by atoms with E-state index in [0.29, 0.717) is 16.9 Å². The van der Waals surface area contributed by atoms with E-state index in [1.165, 1.54) is 6.92 Å². The molecule has 1 aliphatic rings. The first-order chi connectivity index (χ1) is 12.3. The first-order valence-electron chi connectivity index (χ1n) is 10.4. The highest BCUT2D eigenvalue weighted by molar-refractivity contribution is 6.81. The molecule has 0 aromatic carbocycles. The summed E-state index contributed by atoms with van der Waals surface area (Å²) in [6, 6.07) is 0. The molecule has 1 saturated heterocycles. The Kier molecular flexibility index (Phi) is 7.92. The molecule has 0 radical (unpaired) electrons. The van der Waals surface area contributed by atoms with E-state index in [1.54, 1.807) is 6.92 Å². The van der Waals surface area contributed by atoms with Crippen LogP contribution in [0, 0.1) is 11.8 Å². The number of ether oxygens (including phenoxy) is 2. The fraction of sp³-hybridized carbons (Fsp3) is 0.818. The molecule has 0 N–H and O–H groups in total. The van der Waals surface area contributed by atoms with Gasteiger partial charge in [0.15, 0.2) is 0 Å². The molecule has 0 aliphatic carbocycles. The second kappa shape index (κ2) is 8.93. The molecule has 156 valence electrons. The zero-order valence-electron chi connectivity index (χ0n) is 19.1. The van der Waals surface area contributed by atoms with Crippen LogP contribution >= 0.6 is 0 Å². The normalized spacial score (nSPS) is 26.0. The molecule has 3 atom stereocenters. The topological polar surface area (TPSA) is 52.6 Å². The van der Waals surface area contributed by atoms with E-state index >= 15 is 0 Å². The molecule has 1 heterocycles. The number of rotatable bonds is 6. The monoisotopic (exact) mass is 396 g/mol. The Balaban J connectivity index is 3.62. The van der Waals surface area contributed by atoms with Gasteiger partial charge in [-0.05, 0) is 35.8 Å². The van der Waals surface area contributed by atoms with Crippen LogP contribution in [0.1, 0.15) is 74.7 Å². The van der Waals surface area contributed by atoms with Crippen molar-refractivity contribution in [1.82, 2.24) is 0 Å². The van der Waals surface area contributed by atoms with Crippen molar-refractivity contribution >= 4 is 20.0 Å². The van der Waals surface area contributed by atoms with E-state index < -0.39 is 14.0 Å². The summed E-state index contributed by atoms with van der Waals surface area (Å²) in [4.78, 5) is 24.5. The van der Waals surface area contributed by atoms with Gasteiger partial charge in [0.25, 0.3) is 0 Å². The van der Waals surface area contributed by atoms with Crippen LogP contribution in [0.3, 0.4) is 0 Å². The van der Waals surface area contributed by atoms with Crippen LogP contribution in [-0.2, 0) is 19.1 Å². The summed E-state index contributed by atoms with van der Waals surface area (Å²) < 4.78 is 11.4. The van der Waals surface area contributed by atoms with Gasteiger partial charge in [-0.3, -0.25) is 4.79 Å². The van der Waals surface area contributed by atoms with Crippen molar-refractivity contribution in [2.24, 2.45) is 11.8 Å². The van der Waals surface area contributed by atoms with E-state index in [9.17, 15) is 9.59 Å². The van der Waals surface area contributed by atoms with Crippen LogP contribution < -0.4 is 0 Å². The third-order valence-electron chi connectivity index (χ3n) is 6.59. The Morgan fingerprint density at radius 2 is 1.78 bits per heavy atom. The average molecular weight is 397 g/mol. The lowest BCUT2D eigenvalue weighted by atomic mass is 9.82. The second-order valence-electron chi connectivity index (χ2n) is 9.92. The van der Waals surface area contributed by atoms with Gasteiger partial charge in [-0.25, -0.2) is 4.79 Å². The highest BCUT2D eigenvalue weighted by Gasteiger charge is 2.55. The number of esters is 2. The molecule has 27 heavy (non-hydrogen) atoms. The minimum Gasteiger partial charge on any atom is -0.459 e. The van der Waals surface area contributed by atoms with Crippen molar-refractivity contribution in [3.8, 4) is 0 Å². The first kappa shape index (κ1) is 23.9. The quantitative estimate of drug-likeness (QED) is 0.236. The van der Waals surface area contributed by atoms with E-state index in [4.69, 9.17) is 9.47 Å². The smallest absolute Gasteiger partial charge is 0.338 e. The summed E-state index contributed by atoms with van der Waals surface area (Å²) in [5.74, 6) is 0.0616. The molecular weight excluding hydrogens is 356 g/mol. The molecule has 0 amide bonds. The number of unbranched alkanes of at least 4 members (excludes halogenated alkanes) is 1. The fourth-order valence-corrected chi connectivity index (χ4v) is 7.82. The lowest BCUT2D eigenvalue weighted by Gasteiger charge is -2.52. The van der Waals surface area contributed by atoms with Gasteiger partial charge in [0, 0.05) is 6.92 Å². The third kappa shape index (κ3) is 5.24. The number of carbonyl (C=O) groups excluding carboxylic acids is 2. The maximum absolute atomic E-state index is 13.0. The Labute approximate surface area is 167 Å². The van der Waals surface area contributed by atoms with E-state index in [2.05, 4.69) is 54.6 Å². The Bertz CT molecular complexity index is 584. The highest BCUT2D eigenvalue weighted by atomic mass is 28.3. The molecule has 1 aliphatic heterocycles. The SMILES string of the molecule is CCCC[C@@H]1/C(=C(/C)OC(C)=O)C(=O)O[C@H](C(C)C)[C@H]1[Si](C)(C)C(C)(C)C. The van der Waals surface area contributed by atoms with Gasteiger partial charge in [-0.2, -0.15) is 0 Å². The van der Waals surface area contributed by atoms with Crippen molar-refractivity contribution in [1.29, 1.82) is 0 Å². The largest absolute Gasteiger partial charge is 0.459 e. The predicted octanol–water partition coefficient (Wildman–Crippen LogP) is 6.09. The number of hydrogen-bond donors (Lipinski definition) is 0. The van der Waals surface area contributed by atoms with Gasteiger partial charge in [0.05, 0.1) is 13.6 Å². The zero-order chi connectivity index (χ0) is 21.2. The van der Waals surface area contributed by atoms with E-state index in [-0.39, 0.29) is 28.9 Å². The lowest BCUT2D eigenvalue weighted by molar-refractivity contribution is -0.153. The number of allylic oxidation sites excluding steroid dienone is 1. The van der Waals surface area contributed by atoms with E-state index in [1.807, 2.05) is 0 Å². The minimum atomic E-state index is -1.85. The third-order valence-corrected chi connectivity index (χ3v) is 12.9. The summed E-state index contributed by atoms with van der Waals surface area (Å²) in [6.45, 7) is 21.3. The molecule has 0 unspecified atom stereocenters. The summed E-state index contributed by atoms with van der Waals surface area (Å²) in [5, 5.41) is 0.166. The number of carbonyl (C=O) groups is 2. The van der Waals surface area contributed by atoms with Crippen molar-refractivity contribution < 1.29 is 19.1 Å². The van der Waals surface area contributed by atoms with Crippen LogP contribution in [0.15, 0.2) is 11.3 Å². The van der Waals surface area contributed by atoms with Crippen LogP contribution in [0.25, 0.3) is 0 Å². The zero-order valence-corrected chi connectivity index (χ0v) is 20.1. The minimum absolute atomic E-state index is 0.0823.